The van der Waals surface area contributed by atoms with Crippen molar-refractivity contribution in [1.29, 1.82) is 0 Å². The van der Waals surface area contributed by atoms with E-state index in [1.54, 1.807) is 6.20 Å². The van der Waals surface area contributed by atoms with E-state index < -0.39 is 0 Å². The molecular formula is C23H21N5. The minimum Gasteiger partial charge on any atom is -0.348 e. The van der Waals surface area contributed by atoms with Crippen LogP contribution in [0, 0.1) is 6.92 Å². The number of rotatable bonds is 6. The summed E-state index contributed by atoms with van der Waals surface area (Å²) in [6.45, 7) is 2.63. The van der Waals surface area contributed by atoms with Crippen molar-refractivity contribution in [2.45, 2.75) is 13.5 Å². The fourth-order valence-corrected chi connectivity index (χ4v) is 2.87. The summed E-state index contributed by atoms with van der Waals surface area (Å²) in [5, 5.41) is 6.70. The lowest BCUT2D eigenvalue weighted by molar-refractivity contribution is 1.00. The van der Waals surface area contributed by atoms with E-state index in [4.69, 9.17) is 4.98 Å². The van der Waals surface area contributed by atoms with Gasteiger partial charge in [-0.05, 0) is 30.7 Å². The third-order valence-electron chi connectivity index (χ3n) is 4.36. The number of anilines is 3. The van der Waals surface area contributed by atoms with Crippen LogP contribution in [0.25, 0.3) is 11.3 Å². The third-order valence-corrected chi connectivity index (χ3v) is 4.36. The van der Waals surface area contributed by atoms with E-state index in [9.17, 15) is 0 Å². The molecule has 0 saturated heterocycles. The predicted molar refractivity (Wildman–Crippen MR) is 113 cm³/mol. The second-order valence-electron chi connectivity index (χ2n) is 6.44. The molecule has 0 aliphatic carbocycles. The maximum atomic E-state index is 4.69. The van der Waals surface area contributed by atoms with Gasteiger partial charge in [0.05, 0.1) is 17.9 Å². The van der Waals surface area contributed by atoms with Gasteiger partial charge in [-0.3, -0.25) is 4.98 Å². The maximum absolute atomic E-state index is 4.69. The van der Waals surface area contributed by atoms with Crippen molar-refractivity contribution in [2.24, 2.45) is 0 Å². The molecule has 2 heterocycles. The topological polar surface area (TPSA) is 62.7 Å². The van der Waals surface area contributed by atoms with Crippen LogP contribution in [0.4, 0.5) is 17.5 Å². The van der Waals surface area contributed by atoms with Gasteiger partial charge < -0.3 is 10.6 Å². The predicted octanol–water partition coefficient (Wildman–Crippen LogP) is 5.20. The van der Waals surface area contributed by atoms with Crippen LogP contribution in [-0.4, -0.2) is 15.0 Å². The standard InChI is InChI=1S/C23H21N5/c1-17-9-5-6-13-20(17)26-22-15-21(18-10-3-2-4-11-18)27-23(28-22)25-16-19-12-7-8-14-24-19/h2-15H,16H2,1H3,(H2,25,26,27,28). The molecule has 5 nitrogen and oxygen atoms in total. The van der Waals surface area contributed by atoms with Gasteiger partial charge in [-0.2, -0.15) is 4.98 Å². The molecule has 138 valence electrons. The molecule has 2 N–H and O–H groups in total. The van der Waals surface area contributed by atoms with Crippen LogP contribution in [0.2, 0.25) is 0 Å². The summed E-state index contributed by atoms with van der Waals surface area (Å²) in [5.74, 6) is 1.30. The highest BCUT2D eigenvalue weighted by atomic mass is 15.1. The summed E-state index contributed by atoms with van der Waals surface area (Å²) in [6, 6.07) is 26.1. The zero-order valence-corrected chi connectivity index (χ0v) is 15.6. The van der Waals surface area contributed by atoms with Gasteiger partial charge >= 0.3 is 0 Å². The fourth-order valence-electron chi connectivity index (χ4n) is 2.87. The fraction of sp³-hybridized carbons (Fsp3) is 0.0870. The summed E-state index contributed by atoms with van der Waals surface area (Å²) in [7, 11) is 0. The van der Waals surface area contributed by atoms with Crippen LogP contribution in [0.15, 0.2) is 85.1 Å². The summed E-state index contributed by atoms with van der Waals surface area (Å²) >= 11 is 0. The molecule has 28 heavy (non-hydrogen) atoms. The van der Waals surface area contributed by atoms with Crippen LogP contribution in [-0.2, 0) is 6.54 Å². The minimum atomic E-state index is 0.558. The average Bonchev–Trinajstić information content (AvgIpc) is 2.75. The average molecular weight is 367 g/mol. The molecule has 0 bridgehead atoms. The van der Waals surface area contributed by atoms with Gasteiger partial charge in [0.1, 0.15) is 5.82 Å². The number of para-hydroxylation sites is 1. The van der Waals surface area contributed by atoms with Crippen molar-refractivity contribution in [3.05, 3.63) is 96.3 Å². The highest BCUT2D eigenvalue weighted by molar-refractivity contribution is 5.68. The van der Waals surface area contributed by atoms with E-state index in [-0.39, 0.29) is 0 Å². The number of aromatic nitrogens is 3. The Morgan fingerprint density at radius 3 is 2.39 bits per heavy atom. The van der Waals surface area contributed by atoms with Crippen LogP contribution in [0.1, 0.15) is 11.3 Å². The quantitative estimate of drug-likeness (QED) is 0.490. The van der Waals surface area contributed by atoms with E-state index >= 15 is 0 Å². The molecule has 0 aliphatic rings. The Hall–Kier alpha value is -3.73. The second kappa shape index (κ2) is 8.31. The highest BCUT2D eigenvalue weighted by Crippen LogP contribution is 2.25. The molecule has 4 aromatic rings. The summed E-state index contributed by atoms with van der Waals surface area (Å²) in [5.41, 5.74) is 5.01. The summed E-state index contributed by atoms with van der Waals surface area (Å²) < 4.78 is 0. The lowest BCUT2D eigenvalue weighted by Gasteiger charge is -2.13. The molecular weight excluding hydrogens is 346 g/mol. The molecule has 0 saturated carbocycles. The van der Waals surface area contributed by atoms with Gasteiger partial charge in [-0.15, -0.1) is 0 Å². The van der Waals surface area contributed by atoms with E-state index in [0.717, 1.165) is 34.0 Å². The van der Waals surface area contributed by atoms with Gasteiger partial charge in [0.15, 0.2) is 0 Å². The van der Waals surface area contributed by atoms with Gasteiger partial charge in [-0.1, -0.05) is 54.6 Å². The third kappa shape index (κ3) is 4.32. The lowest BCUT2D eigenvalue weighted by Crippen LogP contribution is -2.07. The van der Waals surface area contributed by atoms with Crippen LogP contribution in [0.5, 0.6) is 0 Å². The van der Waals surface area contributed by atoms with Crippen molar-refractivity contribution in [3.8, 4) is 11.3 Å². The zero-order valence-electron chi connectivity index (χ0n) is 15.6. The number of hydrogen-bond acceptors (Lipinski definition) is 5. The molecule has 2 aromatic heterocycles. The first-order valence-corrected chi connectivity index (χ1v) is 9.19. The number of nitrogens with one attached hydrogen (secondary N) is 2. The largest absolute Gasteiger partial charge is 0.348 e. The Morgan fingerprint density at radius 1 is 0.821 bits per heavy atom. The normalized spacial score (nSPS) is 10.5. The minimum absolute atomic E-state index is 0.558. The molecule has 0 unspecified atom stereocenters. The summed E-state index contributed by atoms with van der Waals surface area (Å²) in [6.07, 6.45) is 1.78. The van der Waals surface area contributed by atoms with E-state index in [2.05, 4.69) is 33.6 Å². The monoisotopic (exact) mass is 367 g/mol. The zero-order chi connectivity index (χ0) is 19.2. The molecule has 4 rings (SSSR count). The first-order chi connectivity index (χ1) is 13.8. The molecule has 0 aliphatic heterocycles. The van der Waals surface area contributed by atoms with Gasteiger partial charge in [0.2, 0.25) is 5.95 Å². The Bertz CT molecular complexity index is 1050. The number of hydrogen-bond donors (Lipinski definition) is 2. The first-order valence-electron chi connectivity index (χ1n) is 9.19. The number of pyridine rings is 1. The van der Waals surface area contributed by atoms with Crippen molar-refractivity contribution < 1.29 is 0 Å². The number of nitrogens with zero attached hydrogens (tertiary/aromatic N) is 3. The Balaban J connectivity index is 1.65. The molecule has 0 radical (unpaired) electrons. The molecule has 0 fully saturated rings. The van der Waals surface area contributed by atoms with Crippen LogP contribution < -0.4 is 10.6 Å². The van der Waals surface area contributed by atoms with Crippen molar-refractivity contribution in [3.63, 3.8) is 0 Å². The molecule has 5 heteroatoms. The molecule has 0 spiro atoms. The number of benzene rings is 2. The van der Waals surface area contributed by atoms with E-state index in [1.165, 1.54) is 0 Å². The first kappa shape index (κ1) is 17.7. The Kier molecular flexibility index (Phi) is 5.24. The van der Waals surface area contributed by atoms with E-state index in [1.807, 2.05) is 72.8 Å². The molecule has 2 aromatic carbocycles. The van der Waals surface area contributed by atoms with Crippen LogP contribution >= 0.6 is 0 Å². The highest BCUT2D eigenvalue weighted by Gasteiger charge is 2.08. The molecule has 0 amide bonds. The van der Waals surface area contributed by atoms with Gasteiger partial charge in [0, 0.05) is 23.5 Å². The smallest absolute Gasteiger partial charge is 0.225 e. The SMILES string of the molecule is Cc1ccccc1Nc1cc(-c2ccccc2)nc(NCc2ccccn2)n1. The van der Waals surface area contributed by atoms with Crippen molar-refractivity contribution >= 4 is 17.5 Å². The lowest BCUT2D eigenvalue weighted by atomic mass is 10.1. The van der Waals surface area contributed by atoms with Gasteiger partial charge in [-0.25, -0.2) is 4.98 Å². The summed E-state index contributed by atoms with van der Waals surface area (Å²) in [4.78, 5) is 13.7. The second-order valence-corrected chi connectivity index (χ2v) is 6.44. The number of aryl methyl sites for hydroxylation is 1. The van der Waals surface area contributed by atoms with Crippen LogP contribution in [0.3, 0.4) is 0 Å². The Labute approximate surface area is 164 Å². The van der Waals surface area contributed by atoms with Gasteiger partial charge in [0.25, 0.3) is 0 Å². The van der Waals surface area contributed by atoms with E-state index in [0.29, 0.717) is 12.5 Å². The van der Waals surface area contributed by atoms with Crippen molar-refractivity contribution in [1.82, 2.24) is 15.0 Å². The molecule has 0 atom stereocenters. The maximum Gasteiger partial charge on any atom is 0.225 e. The Morgan fingerprint density at radius 2 is 1.61 bits per heavy atom. The van der Waals surface area contributed by atoms with Crippen molar-refractivity contribution in [2.75, 3.05) is 10.6 Å².